The molecule has 0 fully saturated rings. The van der Waals surface area contributed by atoms with Gasteiger partial charge in [0.1, 0.15) is 11.7 Å². The number of allylic oxidation sites excluding steroid dienone is 11. The molecular weight excluding hydrogens is 348 g/mol. The zero-order chi connectivity index (χ0) is 21.1. The molecule has 0 radical (unpaired) electrons. The molecule has 0 unspecified atom stereocenters. The number of hydrogen-bond acceptors (Lipinski definition) is 3. The van der Waals surface area contributed by atoms with Gasteiger partial charge in [-0.1, -0.05) is 32.1 Å². The average Bonchev–Trinajstić information content (AvgIpc) is 2.58. The molecule has 3 nitrogen and oxygen atoms in total. The van der Waals surface area contributed by atoms with E-state index in [9.17, 15) is 18.4 Å². The number of hydrogen-bond donors (Lipinski definition) is 1. The molecule has 5 heteroatoms. The van der Waals surface area contributed by atoms with E-state index in [-0.39, 0.29) is 16.9 Å². The highest BCUT2D eigenvalue weighted by atomic mass is 19.1. The van der Waals surface area contributed by atoms with Crippen molar-refractivity contribution in [2.75, 3.05) is 0 Å². The number of carbonyl (C=O) groups excluding carboxylic acids is 2. The lowest BCUT2D eigenvalue weighted by Crippen LogP contribution is -2.18. The van der Waals surface area contributed by atoms with Gasteiger partial charge in [0.25, 0.3) is 0 Å². The maximum Gasteiger partial charge on any atom is 0.197 e. The van der Waals surface area contributed by atoms with Crippen LogP contribution in [0.3, 0.4) is 0 Å². The Morgan fingerprint density at radius 1 is 1.04 bits per heavy atom. The molecule has 27 heavy (non-hydrogen) atoms. The molecule has 1 N–H and O–H groups in total. The highest BCUT2D eigenvalue weighted by Crippen LogP contribution is 2.22. The molecule has 0 amide bonds. The van der Waals surface area contributed by atoms with E-state index in [4.69, 9.17) is 0 Å². The van der Waals surface area contributed by atoms with Gasteiger partial charge in [-0.3, -0.25) is 9.59 Å². The summed E-state index contributed by atoms with van der Waals surface area (Å²) in [6.45, 7) is 13.5. The minimum Gasteiger partial charge on any atom is -0.362 e. The van der Waals surface area contributed by atoms with Crippen molar-refractivity contribution in [2.24, 2.45) is 0 Å². The Balaban J connectivity index is 6.28. The van der Waals surface area contributed by atoms with Gasteiger partial charge in [0.2, 0.25) is 0 Å². The van der Waals surface area contributed by atoms with Gasteiger partial charge < -0.3 is 5.32 Å². The Morgan fingerprint density at radius 2 is 1.63 bits per heavy atom. The Morgan fingerprint density at radius 3 is 2.04 bits per heavy atom. The quantitative estimate of drug-likeness (QED) is 0.378. The molecule has 0 aromatic rings. The van der Waals surface area contributed by atoms with Gasteiger partial charge in [-0.2, -0.15) is 0 Å². The van der Waals surface area contributed by atoms with Crippen molar-refractivity contribution >= 4 is 11.6 Å². The van der Waals surface area contributed by atoms with Crippen LogP contribution in [0.25, 0.3) is 0 Å². The van der Waals surface area contributed by atoms with Crippen LogP contribution in [-0.2, 0) is 9.59 Å². The van der Waals surface area contributed by atoms with Crippen molar-refractivity contribution in [3.05, 3.63) is 70.7 Å². The molecular formula is C22H29F2NO2. The predicted molar refractivity (Wildman–Crippen MR) is 107 cm³/mol. The molecule has 0 rings (SSSR count). The van der Waals surface area contributed by atoms with Crippen molar-refractivity contribution in [3.63, 3.8) is 0 Å². The van der Waals surface area contributed by atoms with E-state index >= 15 is 0 Å². The van der Waals surface area contributed by atoms with Crippen LogP contribution in [0.15, 0.2) is 70.7 Å². The SMILES string of the molecule is C=C(F)/C=C(F)\C(=C/C)C(=O)C(/C=C\C(C)=O)=C(/C)N/C(CC)=C(\C)CC. The van der Waals surface area contributed by atoms with Crippen LogP contribution in [0.5, 0.6) is 0 Å². The summed E-state index contributed by atoms with van der Waals surface area (Å²) < 4.78 is 27.2. The Labute approximate surface area is 160 Å². The second-order valence-corrected chi connectivity index (χ2v) is 6.04. The van der Waals surface area contributed by atoms with E-state index in [0.717, 1.165) is 24.1 Å². The summed E-state index contributed by atoms with van der Waals surface area (Å²) in [6, 6.07) is 0. The van der Waals surface area contributed by atoms with E-state index < -0.39 is 17.4 Å². The molecule has 0 saturated carbocycles. The van der Waals surface area contributed by atoms with Crippen LogP contribution in [0.2, 0.25) is 0 Å². The van der Waals surface area contributed by atoms with Crippen LogP contribution in [0.4, 0.5) is 8.78 Å². The van der Waals surface area contributed by atoms with E-state index in [0.29, 0.717) is 11.8 Å². The lowest BCUT2D eigenvalue weighted by atomic mass is 9.99. The van der Waals surface area contributed by atoms with Crippen LogP contribution < -0.4 is 5.32 Å². The highest BCUT2D eigenvalue weighted by molar-refractivity contribution is 6.13. The lowest BCUT2D eigenvalue weighted by molar-refractivity contribution is -0.112. The summed E-state index contributed by atoms with van der Waals surface area (Å²) in [4.78, 5) is 24.2. The zero-order valence-electron chi connectivity index (χ0n) is 17.0. The number of carbonyl (C=O) groups is 2. The average molecular weight is 377 g/mol. The van der Waals surface area contributed by atoms with E-state index in [1.807, 2.05) is 20.8 Å². The van der Waals surface area contributed by atoms with Gasteiger partial charge in [0.15, 0.2) is 11.6 Å². The molecule has 0 aromatic heterocycles. The van der Waals surface area contributed by atoms with Gasteiger partial charge in [-0.05, 0) is 52.7 Å². The summed E-state index contributed by atoms with van der Waals surface area (Å²) in [5, 5.41) is 3.20. The third-order valence-electron chi connectivity index (χ3n) is 3.94. The van der Waals surface area contributed by atoms with Gasteiger partial charge >= 0.3 is 0 Å². The van der Waals surface area contributed by atoms with E-state index in [2.05, 4.69) is 11.9 Å². The molecule has 0 aliphatic rings. The summed E-state index contributed by atoms with van der Waals surface area (Å²) in [7, 11) is 0. The summed E-state index contributed by atoms with van der Waals surface area (Å²) in [5.41, 5.74) is 2.39. The summed E-state index contributed by atoms with van der Waals surface area (Å²) in [5.74, 6) is -2.92. The standard InChI is InChI=1S/C22H29F2NO2/c1-8-14(4)21(10-3)25-17(7)19(12-11-16(6)26)22(27)18(9-2)20(24)13-15(5)23/h9,11-13,25H,5,8,10H2,1-4,6-7H3/b12-11-,18-9+,19-17-,20-13+,21-14+. The lowest BCUT2D eigenvalue weighted by Gasteiger charge is -2.16. The third kappa shape index (κ3) is 8.11. The predicted octanol–water partition coefficient (Wildman–Crippen LogP) is 5.94. The number of nitrogens with one attached hydrogen (secondary N) is 1. The zero-order valence-corrected chi connectivity index (χ0v) is 17.0. The molecule has 0 spiro atoms. The first-order valence-electron chi connectivity index (χ1n) is 8.87. The smallest absolute Gasteiger partial charge is 0.197 e. The Hall–Kier alpha value is -2.56. The summed E-state index contributed by atoms with van der Waals surface area (Å²) in [6.07, 6.45) is 5.97. The number of halogens is 2. The minimum atomic E-state index is -1.02. The topological polar surface area (TPSA) is 46.2 Å². The molecule has 0 atom stereocenters. The first kappa shape index (κ1) is 24.4. The largest absolute Gasteiger partial charge is 0.362 e. The van der Waals surface area contributed by atoms with E-state index in [1.165, 1.54) is 32.1 Å². The van der Waals surface area contributed by atoms with Crippen LogP contribution in [-0.4, -0.2) is 11.6 Å². The fraction of sp³-hybridized carbons (Fsp3) is 0.364. The fourth-order valence-electron chi connectivity index (χ4n) is 2.31. The molecule has 148 valence electrons. The van der Waals surface area contributed by atoms with Crippen molar-refractivity contribution in [2.45, 2.75) is 54.4 Å². The monoisotopic (exact) mass is 377 g/mol. The van der Waals surface area contributed by atoms with Gasteiger partial charge in [-0.15, -0.1) is 0 Å². The first-order chi connectivity index (χ1) is 12.6. The molecule has 0 bridgehead atoms. The van der Waals surface area contributed by atoms with Crippen molar-refractivity contribution in [3.8, 4) is 0 Å². The van der Waals surface area contributed by atoms with Crippen LogP contribution in [0, 0.1) is 0 Å². The fourth-order valence-corrected chi connectivity index (χ4v) is 2.31. The minimum absolute atomic E-state index is 0.126. The number of rotatable bonds is 10. The Bertz CT molecular complexity index is 750. The second kappa shape index (κ2) is 11.9. The van der Waals surface area contributed by atoms with Crippen molar-refractivity contribution in [1.82, 2.24) is 5.32 Å². The Kier molecular flexibility index (Phi) is 10.8. The maximum atomic E-state index is 14.2. The highest BCUT2D eigenvalue weighted by Gasteiger charge is 2.20. The first-order valence-corrected chi connectivity index (χ1v) is 8.87. The second-order valence-electron chi connectivity index (χ2n) is 6.04. The third-order valence-corrected chi connectivity index (χ3v) is 3.94. The molecule has 0 aromatic carbocycles. The van der Waals surface area contributed by atoms with Crippen molar-refractivity contribution in [1.29, 1.82) is 0 Å². The molecule has 0 heterocycles. The molecule has 0 aliphatic heterocycles. The molecule has 0 aliphatic carbocycles. The maximum absolute atomic E-state index is 14.2. The number of Topliss-reactive ketones (excluding diaryl/α,β-unsaturated/α-hetero) is 1. The summed E-state index contributed by atoms with van der Waals surface area (Å²) >= 11 is 0. The van der Waals surface area contributed by atoms with Crippen LogP contribution in [0.1, 0.15) is 54.4 Å². The molecule has 0 saturated heterocycles. The normalized spacial score (nSPS) is 14.7. The van der Waals surface area contributed by atoms with Gasteiger partial charge in [0, 0.05) is 23.0 Å². The number of ketones is 2. The van der Waals surface area contributed by atoms with Gasteiger partial charge in [0.05, 0.1) is 5.57 Å². The van der Waals surface area contributed by atoms with Gasteiger partial charge in [-0.25, -0.2) is 8.78 Å². The van der Waals surface area contributed by atoms with E-state index in [1.54, 1.807) is 6.92 Å². The van der Waals surface area contributed by atoms with Crippen LogP contribution >= 0.6 is 0 Å². The van der Waals surface area contributed by atoms with Crippen molar-refractivity contribution < 1.29 is 18.4 Å².